The Kier molecular flexibility index (Phi) is 7.40. The number of carbonyl (C=O) groups is 2. The molecule has 1 unspecified atom stereocenters. The maximum Gasteiger partial charge on any atom is 0.291 e. The molecule has 0 aliphatic carbocycles. The maximum absolute atomic E-state index is 12.5. The number of hydrogen-bond acceptors (Lipinski definition) is 5. The van der Waals surface area contributed by atoms with E-state index in [4.69, 9.17) is 21.4 Å². The first kappa shape index (κ1) is 22.0. The topological polar surface area (TPSA) is 92.6 Å². The molecule has 1 atom stereocenters. The molecule has 3 N–H and O–H groups in total. The first-order valence-corrected chi connectivity index (χ1v) is 10.2. The molecule has 0 radical (unpaired) electrons. The zero-order valence-corrected chi connectivity index (χ0v) is 18.0. The summed E-state index contributed by atoms with van der Waals surface area (Å²) in [5.74, 6) is 0.119. The van der Waals surface area contributed by atoms with Crippen LogP contribution < -0.4 is 20.7 Å². The minimum Gasteiger partial charge on any atom is -0.491 e. The fraction of sp³-hybridized carbons (Fsp3) is 0.174. The zero-order chi connectivity index (χ0) is 22.2. The Morgan fingerprint density at radius 3 is 2.45 bits per heavy atom. The summed E-state index contributed by atoms with van der Waals surface area (Å²) in [7, 11) is 0. The van der Waals surface area contributed by atoms with Crippen LogP contribution in [0.4, 0.5) is 11.4 Å². The second kappa shape index (κ2) is 10.4. The van der Waals surface area contributed by atoms with Crippen molar-refractivity contribution in [3.63, 3.8) is 0 Å². The van der Waals surface area contributed by atoms with E-state index < -0.39 is 0 Å². The van der Waals surface area contributed by atoms with Crippen LogP contribution in [0.2, 0.25) is 0 Å². The molecular weight excluding hydrogens is 414 g/mol. The number of ether oxygens (including phenoxy) is 1. The summed E-state index contributed by atoms with van der Waals surface area (Å²) in [4.78, 5) is 24.6. The molecule has 3 rings (SSSR count). The van der Waals surface area contributed by atoms with E-state index in [9.17, 15) is 9.59 Å². The molecule has 1 aromatic heterocycles. The van der Waals surface area contributed by atoms with Gasteiger partial charge in [-0.1, -0.05) is 19.1 Å². The number of thiocarbonyl (C=S) groups is 1. The molecule has 0 aliphatic heterocycles. The highest BCUT2D eigenvalue weighted by atomic mass is 32.1. The SMILES string of the molecule is CCC(C)Oc1cccc(C(=O)NC(=S)Nc2cccc(NC(=O)c3ccco3)c2)c1. The lowest BCUT2D eigenvalue weighted by atomic mass is 10.2. The molecular formula is C23H23N3O4S. The lowest BCUT2D eigenvalue weighted by Gasteiger charge is -2.14. The van der Waals surface area contributed by atoms with Gasteiger partial charge >= 0.3 is 0 Å². The Balaban J connectivity index is 1.59. The van der Waals surface area contributed by atoms with E-state index in [1.165, 1.54) is 6.26 Å². The summed E-state index contributed by atoms with van der Waals surface area (Å²) in [6.45, 7) is 4.00. The predicted octanol–water partition coefficient (Wildman–Crippen LogP) is 4.84. The quantitative estimate of drug-likeness (QED) is 0.458. The van der Waals surface area contributed by atoms with Crippen molar-refractivity contribution >= 4 is 40.5 Å². The number of hydrogen-bond donors (Lipinski definition) is 3. The zero-order valence-electron chi connectivity index (χ0n) is 17.2. The molecule has 0 saturated heterocycles. The summed E-state index contributed by atoms with van der Waals surface area (Å²) in [6, 6.07) is 17.1. The average molecular weight is 438 g/mol. The van der Waals surface area contributed by atoms with Gasteiger partial charge in [-0.05, 0) is 74.1 Å². The molecule has 0 spiro atoms. The van der Waals surface area contributed by atoms with Crippen LogP contribution in [0.5, 0.6) is 5.75 Å². The molecule has 31 heavy (non-hydrogen) atoms. The summed E-state index contributed by atoms with van der Waals surface area (Å²) in [5.41, 5.74) is 1.59. The van der Waals surface area contributed by atoms with Crippen molar-refractivity contribution in [2.24, 2.45) is 0 Å². The van der Waals surface area contributed by atoms with E-state index in [1.807, 2.05) is 19.9 Å². The molecule has 0 bridgehead atoms. The highest BCUT2D eigenvalue weighted by Gasteiger charge is 2.12. The van der Waals surface area contributed by atoms with Gasteiger partial charge in [0.1, 0.15) is 5.75 Å². The Morgan fingerprint density at radius 2 is 1.74 bits per heavy atom. The van der Waals surface area contributed by atoms with Gasteiger partial charge in [-0.25, -0.2) is 0 Å². The van der Waals surface area contributed by atoms with E-state index in [2.05, 4.69) is 16.0 Å². The number of rotatable bonds is 7. The van der Waals surface area contributed by atoms with Crippen molar-refractivity contribution in [2.75, 3.05) is 10.6 Å². The highest BCUT2D eigenvalue weighted by Crippen LogP contribution is 2.18. The van der Waals surface area contributed by atoms with Crippen LogP contribution in [0.15, 0.2) is 71.3 Å². The van der Waals surface area contributed by atoms with Gasteiger partial charge in [-0.3, -0.25) is 14.9 Å². The Morgan fingerprint density at radius 1 is 1.00 bits per heavy atom. The van der Waals surface area contributed by atoms with E-state index >= 15 is 0 Å². The van der Waals surface area contributed by atoms with Gasteiger partial charge in [-0.15, -0.1) is 0 Å². The van der Waals surface area contributed by atoms with E-state index in [-0.39, 0.29) is 28.8 Å². The van der Waals surface area contributed by atoms with Crippen LogP contribution >= 0.6 is 12.2 Å². The second-order valence-corrected chi connectivity index (χ2v) is 7.19. The summed E-state index contributed by atoms with van der Waals surface area (Å²) < 4.78 is 10.8. The van der Waals surface area contributed by atoms with E-state index in [1.54, 1.807) is 54.6 Å². The number of carbonyl (C=O) groups excluding carboxylic acids is 2. The van der Waals surface area contributed by atoms with Crippen molar-refractivity contribution in [1.82, 2.24) is 5.32 Å². The third-order valence-electron chi connectivity index (χ3n) is 4.36. The minimum atomic E-state index is -0.363. The fourth-order valence-electron chi connectivity index (χ4n) is 2.64. The Labute approximate surface area is 185 Å². The van der Waals surface area contributed by atoms with Crippen LogP contribution in [0.25, 0.3) is 0 Å². The summed E-state index contributed by atoms with van der Waals surface area (Å²) in [6.07, 6.45) is 2.35. The van der Waals surface area contributed by atoms with Gasteiger partial charge in [-0.2, -0.15) is 0 Å². The molecule has 2 aromatic carbocycles. The second-order valence-electron chi connectivity index (χ2n) is 6.79. The number of amides is 2. The number of benzene rings is 2. The minimum absolute atomic E-state index is 0.0570. The molecule has 0 saturated carbocycles. The highest BCUT2D eigenvalue weighted by molar-refractivity contribution is 7.80. The molecule has 7 nitrogen and oxygen atoms in total. The fourth-order valence-corrected chi connectivity index (χ4v) is 2.85. The largest absolute Gasteiger partial charge is 0.491 e. The lowest BCUT2D eigenvalue weighted by molar-refractivity contribution is 0.0974. The first-order valence-electron chi connectivity index (χ1n) is 9.78. The molecule has 3 aromatic rings. The maximum atomic E-state index is 12.5. The molecule has 2 amide bonds. The smallest absolute Gasteiger partial charge is 0.291 e. The molecule has 0 fully saturated rings. The van der Waals surface area contributed by atoms with Crippen molar-refractivity contribution in [3.8, 4) is 5.75 Å². The Bertz CT molecular complexity index is 1070. The van der Waals surface area contributed by atoms with E-state index in [0.29, 0.717) is 22.7 Å². The van der Waals surface area contributed by atoms with Gasteiger partial charge < -0.3 is 19.8 Å². The molecule has 0 aliphatic rings. The molecule has 8 heteroatoms. The van der Waals surface area contributed by atoms with E-state index in [0.717, 1.165) is 6.42 Å². The number of anilines is 2. The van der Waals surface area contributed by atoms with Crippen molar-refractivity contribution in [2.45, 2.75) is 26.4 Å². The average Bonchev–Trinajstić information content (AvgIpc) is 3.29. The lowest BCUT2D eigenvalue weighted by Crippen LogP contribution is -2.34. The predicted molar refractivity (Wildman–Crippen MR) is 124 cm³/mol. The van der Waals surface area contributed by atoms with Gasteiger partial charge in [0.25, 0.3) is 11.8 Å². The summed E-state index contributed by atoms with van der Waals surface area (Å²) in [5, 5.41) is 8.45. The van der Waals surface area contributed by atoms with Crippen LogP contribution in [-0.2, 0) is 0 Å². The van der Waals surface area contributed by atoms with Crippen molar-refractivity contribution in [1.29, 1.82) is 0 Å². The van der Waals surface area contributed by atoms with Crippen LogP contribution in [-0.4, -0.2) is 23.0 Å². The van der Waals surface area contributed by atoms with Gasteiger partial charge in [0, 0.05) is 16.9 Å². The summed E-state index contributed by atoms with van der Waals surface area (Å²) >= 11 is 5.25. The van der Waals surface area contributed by atoms with Crippen molar-refractivity contribution < 1.29 is 18.7 Å². The van der Waals surface area contributed by atoms with Gasteiger partial charge in [0.15, 0.2) is 10.9 Å². The number of furan rings is 1. The molecule has 160 valence electrons. The van der Waals surface area contributed by atoms with Crippen LogP contribution in [0.3, 0.4) is 0 Å². The van der Waals surface area contributed by atoms with Gasteiger partial charge in [0.2, 0.25) is 0 Å². The third-order valence-corrected chi connectivity index (χ3v) is 4.56. The third kappa shape index (κ3) is 6.42. The standard InChI is InChI=1S/C23H23N3O4S/c1-3-15(2)30-19-10-4-7-16(13-19)21(27)26-23(31)25-18-9-5-8-17(14-18)24-22(28)20-11-6-12-29-20/h4-15H,3H2,1-2H3,(H,24,28)(H2,25,26,27,31). The van der Waals surface area contributed by atoms with Crippen LogP contribution in [0.1, 0.15) is 41.2 Å². The van der Waals surface area contributed by atoms with Gasteiger partial charge in [0.05, 0.1) is 12.4 Å². The monoisotopic (exact) mass is 437 g/mol. The van der Waals surface area contributed by atoms with Crippen LogP contribution in [0, 0.1) is 0 Å². The first-order chi connectivity index (χ1) is 14.9. The number of nitrogens with one attached hydrogen (secondary N) is 3. The van der Waals surface area contributed by atoms with Crippen molar-refractivity contribution in [3.05, 3.63) is 78.3 Å². The Hall–Kier alpha value is -3.65. The normalized spacial score (nSPS) is 11.3. The molecule has 1 heterocycles.